The molecule has 1 fully saturated rings. The molecule has 7 nitrogen and oxygen atoms in total. The van der Waals surface area contributed by atoms with Crippen molar-refractivity contribution < 1.29 is 9.15 Å². The number of rotatable bonds is 5. The summed E-state index contributed by atoms with van der Waals surface area (Å²) in [7, 11) is 0. The lowest BCUT2D eigenvalue weighted by Gasteiger charge is -2.30. The van der Waals surface area contributed by atoms with Gasteiger partial charge in [-0.2, -0.15) is 5.10 Å². The van der Waals surface area contributed by atoms with E-state index in [0.717, 1.165) is 49.2 Å². The van der Waals surface area contributed by atoms with E-state index >= 15 is 0 Å². The van der Waals surface area contributed by atoms with E-state index in [1.165, 1.54) is 0 Å². The standard InChI is InChI=1S/C14H21N5O2/c1-3-10-7-15-13(21-10)9-19-5-6-20-11(8-19)14-16-12(4-2)17-18-14/h7,11H,3-6,8-9H2,1-2H3,(H,16,17,18)/t11-/m0/s1. The number of aryl methyl sites for hydroxylation is 2. The topological polar surface area (TPSA) is 80.1 Å². The van der Waals surface area contributed by atoms with Crippen LogP contribution < -0.4 is 0 Å². The summed E-state index contributed by atoms with van der Waals surface area (Å²) in [6.45, 7) is 7.10. The number of morpholine rings is 1. The van der Waals surface area contributed by atoms with E-state index in [1.807, 2.05) is 6.92 Å². The van der Waals surface area contributed by atoms with Crippen LogP contribution >= 0.6 is 0 Å². The number of H-pyrrole nitrogens is 1. The zero-order valence-electron chi connectivity index (χ0n) is 12.5. The maximum Gasteiger partial charge on any atom is 0.208 e. The third kappa shape index (κ3) is 3.30. The largest absolute Gasteiger partial charge is 0.444 e. The van der Waals surface area contributed by atoms with Crippen molar-refractivity contribution in [2.45, 2.75) is 39.3 Å². The van der Waals surface area contributed by atoms with Gasteiger partial charge in [-0.15, -0.1) is 0 Å². The Morgan fingerprint density at radius 1 is 1.38 bits per heavy atom. The zero-order valence-corrected chi connectivity index (χ0v) is 12.5. The van der Waals surface area contributed by atoms with Crippen molar-refractivity contribution in [3.05, 3.63) is 29.5 Å². The Kier molecular flexibility index (Phi) is 4.31. The summed E-state index contributed by atoms with van der Waals surface area (Å²) >= 11 is 0. The summed E-state index contributed by atoms with van der Waals surface area (Å²) in [6, 6.07) is 0. The SMILES string of the molecule is CCc1nc([C@@H]2CN(Cc3ncc(CC)o3)CCO2)n[nH]1. The van der Waals surface area contributed by atoms with Crippen LogP contribution in [0.1, 0.15) is 43.3 Å². The maximum absolute atomic E-state index is 5.78. The van der Waals surface area contributed by atoms with Gasteiger partial charge >= 0.3 is 0 Å². The third-order valence-electron chi connectivity index (χ3n) is 3.63. The molecule has 2 aromatic heterocycles. The molecule has 3 rings (SSSR count). The van der Waals surface area contributed by atoms with Gasteiger partial charge < -0.3 is 9.15 Å². The maximum atomic E-state index is 5.78. The minimum atomic E-state index is -0.0871. The average Bonchev–Trinajstić information content (AvgIpc) is 3.16. The average molecular weight is 291 g/mol. The normalized spacial score (nSPS) is 20.0. The molecule has 114 valence electrons. The smallest absolute Gasteiger partial charge is 0.208 e. The summed E-state index contributed by atoms with van der Waals surface area (Å²) < 4.78 is 11.4. The van der Waals surface area contributed by atoms with Gasteiger partial charge in [-0.05, 0) is 0 Å². The molecule has 1 aliphatic rings. The van der Waals surface area contributed by atoms with Gasteiger partial charge in [-0.3, -0.25) is 10.00 Å². The van der Waals surface area contributed by atoms with Gasteiger partial charge in [-0.1, -0.05) is 13.8 Å². The molecule has 1 atom stereocenters. The first-order valence-corrected chi connectivity index (χ1v) is 7.47. The fourth-order valence-corrected chi connectivity index (χ4v) is 2.39. The quantitative estimate of drug-likeness (QED) is 0.899. The van der Waals surface area contributed by atoms with Crippen molar-refractivity contribution in [1.29, 1.82) is 0 Å². The van der Waals surface area contributed by atoms with Crippen LogP contribution in [0.25, 0.3) is 0 Å². The molecule has 0 aromatic carbocycles. The summed E-state index contributed by atoms with van der Waals surface area (Å²) in [5.74, 6) is 3.32. The molecule has 0 spiro atoms. The van der Waals surface area contributed by atoms with Crippen molar-refractivity contribution in [2.75, 3.05) is 19.7 Å². The molecule has 0 bridgehead atoms. The van der Waals surface area contributed by atoms with Crippen molar-refractivity contribution in [2.24, 2.45) is 0 Å². The van der Waals surface area contributed by atoms with Gasteiger partial charge in [0.1, 0.15) is 17.7 Å². The Morgan fingerprint density at radius 3 is 3.00 bits per heavy atom. The van der Waals surface area contributed by atoms with Gasteiger partial charge in [0, 0.05) is 25.9 Å². The van der Waals surface area contributed by atoms with Crippen LogP contribution in [0.15, 0.2) is 10.6 Å². The van der Waals surface area contributed by atoms with E-state index < -0.39 is 0 Å². The number of hydrogen-bond donors (Lipinski definition) is 1. The predicted molar refractivity (Wildman–Crippen MR) is 75.6 cm³/mol. The van der Waals surface area contributed by atoms with Gasteiger partial charge in [0.05, 0.1) is 19.3 Å². The van der Waals surface area contributed by atoms with E-state index in [0.29, 0.717) is 13.2 Å². The lowest BCUT2D eigenvalue weighted by molar-refractivity contribution is -0.0393. The molecule has 0 aliphatic carbocycles. The summed E-state index contributed by atoms with van der Waals surface area (Å²) in [4.78, 5) is 11.0. The molecular formula is C14H21N5O2. The van der Waals surface area contributed by atoms with Crippen molar-refractivity contribution in [1.82, 2.24) is 25.1 Å². The second kappa shape index (κ2) is 6.36. The van der Waals surface area contributed by atoms with Crippen LogP contribution in [0.3, 0.4) is 0 Å². The number of ether oxygens (including phenoxy) is 1. The van der Waals surface area contributed by atoms with Crippen LogP contribution in [0.2, 0.25) is 0 Å². The minimum absolute atomic E-state index is 0.0871. The van der Waals surface area contributed by atoms with Crippen LogP contribution in [0.4, 0.5) is 0 Å². The molecular weight excluding hydrogens is 270 g/mol. The monoisotopic (exact) mass is 291 g/mol. The molecule has 0 radical (unpaired) electrons. The first-order valence-electron chi connectivity index (χ1n) is 7.47. The number of hydrogen-bond acceptors (Lipinski definition) is 6. The second-order valence-electron chi connectivity index (χ2n) is 5.16. The Morgan fingerprint density at radius 2 is 2.29 bits per heavy atom. The molecule has 2 aromatic rings. The van der Waals surface area contributed by atoms with E-state index in [4.69, 9.17) is 9.15 Å². The van der Waals surface area contributed by atoms with Crippen LogP contribution in [-0.2, 0) is 24.1 Å². The van der Waals surface area contributed by atoms with Gasteiger partial charge in [0.25, 0.3) is 0 Å². The lowest BCUT2D eigenvalue weighted by Crippen LogP contribution is -2.38. The van der Waals surface area contributed by atoms with E-state index in [2.05, 4.69) is 32.0 Å². The first kappa shape index (κ1) is 14.2. The van der Waals surface area contributed by atoms with Gasteiger partial charge in [0.2, 0.25) is 5.89 Å². The molecule has 1 saturated heterocycles. The van der Waals surface area contributed by atoms with Gasteiger partial charge in [-0.25, -0.2) is 9.97 Å². The molecule has 1 N–H and O–H groups in total. The Hall–Kier alpha value is -1.73. The highest BCUT2D eigenvalue weighted by Crippen LogP contribution is 2.20. The van der Waals surface area contributed by atoms with Crippen LogP contribution in [0, 0.1) is 0 Å². The van der Waals surface area contributed by atoms with Crippen LogP contribution in [-0.4, -0.2) is 44.8 Å². The Labute approximate surface area is 123 Å². The highest BCUT2D eigenvalue weighted by Gasteiger charge is 2.26. The molecule has 1 aliphatic heterocycles. The van der Waals surface area contributed by atoms with Crippen molar-refractivity contribution >= 4 is 0 Å². The number of aromatic amines is 1. The van der Waals surface area contributed by atoms with Crippen molar-refractivity contribution in [3.8, 4) is 0 Å². The van der Waals surface area contributed by atoms with Crippen LogP contribution in [0.5, 0.6) is 0 Å². The first-order chi connectivity index (χ1) is 10.3. The minimum Gasteiger partial charge on any atom is -0.444 e. The summed E-state index contributed by atoms with van der Waals surface area (Å²) in [6.07, 6.45) is 3.43. The third-order valence-corrected chi connectivity index (χ3v) is 3.63. The molecule has 3 heterocycles. The highest BCUT2D eigenvalue weighted by atomic mass is 16.5. The number of aromatic nitrogens is 4. The summed E-state index contributed by atoms with van der Waals surface area (Å²) in [5.41, 5.74) is 0. The molecule has 0 unspecified atom stereocenters. The predicted octanol–water partition coefficient (Wildman–Crippen LogP) is 1.49. The number of nitrogens with one attached hydrogen (secondary N) is 1. The van der Waals surface area contributed by atoms with Gasteiger partial charge in [0.15, 0.2) is 5.82 Å². The fraction of sp³-hybridized carbons (Fsp3) is 0.643. The highest BCUT2D eigenvalue weighted by molar-refractivity contribution is 4.98. The molecule has 7 heteroatoms. The fourth-order valence-electron chi connectivity index (χ4n) is 2.39. The number of nitrogens with zero attached hydrogens (tertiary/aromatic N) is 4. The lowest BCUT2D eigenvalue weighted by atomic mass is 10.2. The molecule has 0 amide bonds. The number of oxazole rings is 1. The van der Waals surface area contributed by atoms with E-state index in [1.54, 1.807) is 6.20 Å². The Bertz CT molecular complexity index is 579. The van der Waals surface area contributed by atoms with E-state index in [9.17, 15) is 0 Å². The van der Waals surface area contributed by atoms with Crippen molar-refractivity contribution in [3.63, 3.8) is 0 Å². The second-order valence-corrected chi connectivity index (χ2v) is 5.16. The summed E-state index contributed by atoms with van der Waals surface area (Å²) in [5, 5.41) is 7.18. The Balaban J connectivity index is 1.62. The molecule has 0 saturated carbocycles. The van der Waals surface area contributed by atoms with E-state index in [-0.39, 0.29) is 6.10 Å². The molecule has 21 heavy (non-hydrogen) atoms. The zero-order chi connectivity index (χ0) is 14.7.